The second-order valence-corrected chi connectivity index (χ2v) is 2.58. The number of benzene rings is 1. The second-order valence-electron chi connectivity index (χ2n) is 2.58. The van der Waals surface area contributed by atoms with Crippen LogP contribution in [-0.2, 0) is 4.79 Å². The summed E-state index contributed by atoms with van der Waals surface area (Å²) in [5.74, 6) is -2.64. The van der Waals surface area contributed by atoms with Gasteiger partial charge in [-0.05, 0) is 0 Å². The first-order chi connectivity index (χ1) is 7.25. The van der Waals surface area contributed by atoms with Gasteiger partial charge in [-0.1, -0.05) is 30.3 Å². The fourth-order valence-electron chi connectivity index (χ4n) is 0.618. The zero-order chi connectivity index (χ0) is 12.8. The Hall–Kier alpha value is -2.05. The molecule has 0 saturated heterocycles. The van der Waals surface area contributed by atoms with E-state index >= 15 is 0 Å². The van der Waals surface area contributed by atoms with Crippen LogP contribution in [0.3, 0.4) is 0 Å². The van der Waals surface area contributed by atoms with Gasteiger partial charge in [0.15, 0.2) is 0 Å². The molecule has 0 heterocycles. The summed E-state index contributed by atoms with van der Waals surface area (Å²) in [6.45, 7) is 0. The number of rotatable bonds is 1. The lowest BCUT2D eigenvalue weighted by atomic mass is 10.2. The van der Waals surface area contributed by atoms with Crippen molar-refractivity contribution in [1.82, 2.24) is 0 Å². The first-order valence-corrected chi connectivity index (χ1v) is 3.94. The summed E-state index contributed by atoms with van der Waals surface area (Å²) in [5, 5.41) is 14.1. The first kappa shape index (κ1) is 13.9. The van der Waals surface area contributed by atoms with Crippen LogP contribution in [0.4, 0.5) is 13.2 Å². The van der Waals surface area contributed by atoms with Crippen molar-refractivity contribution in [3.8, 4) is 0 Å². The molecule has 0 amide bonds. The van der Waals surface area contributed by atoms with Crippen molar-refractivity contribution in [2.75, 3.05) is 0 Å². The van der Waals surface area contributed by atoms with Gasteiger partial charge in [0.1, 0.15) is 5.84 Å². The molecule has 0 bridgehead atoms. The quantitative estimate of drug-likeness (QED) is 0.509. The molecule has 0 aliphatic carbocycles. The Labute approximate surface area is 89.0 Å². The van der Waals surface area contributed by atoms with Crippen LogP contribution in [0.15, 0.2) is 30.3 Å². The number of hydrogen-bond acceptors (Lipinski definition) is 2. The van der Waals surface area contributed by atoms with Crippen LogP contribution in [0.1, 0.15) is 5.56 Å². The molecule has 1 rings (SSSR count). The van der Waals surface area contributed by atoms with E-state index in [-0.39, 0.29) is 5.84 Å². The van der Waals surface area contributed by atoms with Gasteiger partial charge in [-0.3, -0.25) is 5.41 Å². The van der Waals surface area contributed by atoms with Gasteiger partial charge in [-0.25, -0.2) is 4.79 Å². The van der Waals surface area contributed by atoms with E-state index in [4.69, 9.17) is 21.0 Å². The number of alkyl halides is 3. The number of amidine groups is 1. The Morgan fingerprint density at radius 2 is 1.62 bits per heavy atom. The summed E-state index contributed by atoms with van der Waals surface area (Å²) >= 11 is 0. The number of hydrogen-bond donors (Lipinski definition) is 3. The maximum Gasteiger partial charge on any atom is 0.490 e. The summed E-state index contributed by atoms with van der Waals surface area (Å²) in [7, 11) is 0. The van der Waals surface area contributed by atoms with Crippen molar-refractivity contribution in [2.24, 2.45) is 5.73 Å². The molecule has 0 unspecified atom stereocenters. The Kier molecular flexibility index (Phi) is 5.00. The molecule has 0 atom stereocenters. The van der Waals surface area contributed by atoms with Gasteiger partial charge < -0.3 is 10.8 Å². The third-order valence-electron chi connectivity index (χ3n) is 1.33. The zero-order valence-electron chi connectivity index (χ0n) is 7.95. The highest BCUT2D eigenvalue weighted by molar-refractivity contribution is 5.94. The molecule has 1 aromatic rings. The number of nitrogen functional groups attached to an aromatic ring is 1. The topological polar surface area (TPSA) is 87.2 Å². The molecule has 4 nitrogen and oxygen atoms in total. The number of carbonyl (C=O) groups is 1. The van der Waals surface area contributed by atoms with Crippen molar-refractivity contribution in [3.63, 3.8) is 0 Å². The molecule has 0 saturated carbocycles. The number of nitrogens with two attached hydrogens (primary N) is 1. The number of carboxylic acid groups (broad SMARTS) is 1. The van der Waals surface area contributed by atoms with E-state index in [1.807, 2.05) is 30.3 Å². The molecule has 16 heavy (non-hydrogen) atoms. The Morgan fingerprint density at radius 3 is 1.81 bits per heavy atom. The molecular formula is C9H9F3N2O2. The van der Waals surface area contributed by atoms with Gasteiger partial charge in [0, 0.05) is 5.56 Å². The van der Waals surface area contributed by atoms with Crippen molar-refractivity contribution in [1.29, 1.82) is 5.41 Å². The fraction of sp³-hybridized carbons (Fsp3) is 0.111. The average molecular weight is 234 g/mol. The first-order valence-electron chi connectivity index (χ1n) is 3.94. The van der Waals surface area contributed by atoms with E-state index in [9.17, 15) is 13.2 Å². The van der Waals surface area contributed by atoms with Gasteiger partial charge in [-0.15, -0.1) is 0 Å². The predicted octanol–water partition coefficient (Wildman–Crippen LogP) is 1.60. The van der Waals surface area contributed by atoms with E-state index in [0.717, 1.165) is 5.56 Å². The Morgan fingerprint density at radius 1 is 1.25 bits per heavy atom. The van der Waals surface area contributed by atoms with Crippen LogP contribution >= 0.6 is 0 Å². The van der Waals surface area contributed by atoms with E-state index in [1.54, 1.807) is 0 Å². The van der Waals surface area contributed by atoms with Crippen LogP contribution in [0.25, 0.3) is 0 Å². The van der Waals surface area contributed by atoms with E-state index in [2.05, 4.69) is 0 Å². The molecule has 0 fully saturated rings. The van der Waals surface area contributed by atoms with Gasteiger partial charge in [0.2, 0.25) is 0 Å². The molecule has 0 aromatic heterocycles. The Balaban J connectivity index is 0.000000293. The molecular weight excluding hydrogens is 225 g/mol. The van der Waals surface area contributed by atoms with Crippen LogP contribution in [0, 0.1) is 5.41 Å². The molecule has 0 aliphatic heterocycles. The third kappa shape index (κ3) is 5.63. The van der Waals surface area contributed by atoms with Gasteiger partial charge >= 0.3 is 12.1 Å². The highest BCUT2D eigenvalue weighted by Gasteiger charge is 2.38. The summed E-state index contributed by atoms with van der Waals surface area (Å²) in [6, 6.07) is 9.23. The summed E-state index contributed by atoms with van der Waals surface area (Å²) in [6.07, 6.45) is -5.08. The molecule has 1 aromatic carbocycles. The van der Waals surface area contributed by atoms with E-state index in [0.29, 0.717) is 0 Å². The number of carboxylic acids is 1. The maximum atomic E-state index is 10.6. The highest BCUT2D eigenvalue weighted by atomic mass is 19.4. The van der Waals surface area contributed by atoms with Crippen LogP contribution in [0.5, 0.6) is 0 Å². The smallest absolute Gasteiger partial charge is 0.475 e. The van der Waals surface area contributed by atoms with Crippen LogP contribution in [-0.4, -0.2) is 23.1 Å². The monoisotopic (exact) mass is 234 g/mol. The van der Waals surface area contributed by atoms with Crippen molar-refractivity contribution in [3.05, 3.63) is 35.9 Å². The van der Waals surface area contributed by atoms with Crippen molar-refractivity contribution < 1.29 is 23.1 Å². The SMILES string of the molecule is N=C(N)c1ccccc1.O=C(O)C(F)(F)F. The largest absolute Gasteiger partial charge is 0.490 e. The van der Waals surface area contributed by atoms with Crippen LogP contribution in [0.2, 0.25) is 0 Å². The third-order valence-corrected chi connectivity index (χ3v) is 1.33. The minimum atomic E-state index is -5.08. The lowest BCUT2D eigenvalue weighted by Gasteiger charge is -1.93. The number of aliphatic carboxylic acids is 1. The summed E-state index contributed by atoms with van der Waals surface area (Å²) in [5.41, 5.74) is 5.97. The van der Waals surface area contributed by atoms with E-state index < -0.39 is 12.1 Å². The van der Waals surface area contributed by atoms with Crippen molar-refractivity contribution in [2.45, 2.75) is 6.18 Å². The lowest BCUT2D eigenvalue weighted by molar-refractivity contribution is -0.192. The molecule has 88 valence electrons. The average Bonchev–Trinajstić information content (AvgIpc) is 2.18. The molecule has 0 spiro atoms. The van der Waals surface area contributed by atoms with Gasteiger partial charge in [0.05, 0.1) is 0 Å². The minimum Gasteiger partial charge on any atom is -0.475 e. The molecule has 0 aliphatic rings. The lowest BCUT2D eigenvalue weighted by Crippen LogP contribution is -2.21. The van der Waals surface area contributed by atoms with E-state index in [1.165, 1.54) is 0 Å². The van der Waals surface area contributed by atoms with Gasteiger partial charge in [0.25, 0.3) is 0 Å². The summed E-state index contributed by atoms with van der Waals surface area (Å²) in [4.78, 5) is 8.90. The molecule has 7 heteroatoms. The number of halogens is 3. The van der Waals surface area contributed by atoms with Gasteiger partial charge in [-0.2, -0.15) is 13.2 Å². The fourth-order valence-corrected chi connectivity index (χ4v) is 0.618. The second kappa shape index (κ2) is 5.74. The van der Waals surface area contributed by atoms with Crippen molar-refractivity contribution >= 4 is 11.8 Å². The predicted molar refractivity (Wildman–Crippen MR) is 51.1 cm³/mol. The normalized spacial score (nSPS) is 9.94. The Bertz CT molecular complexity index is 363. The standard InChI is InChI=1S/C7H8N2.C2HF3O2/c8-7(9)6-4-2-1-3-5-6;3-2(4,5)1(6)7/h1-5H,(H3,8,9);(H,6,7). The molecule has 4 N–H and O–H groups in total. The zero-order valence-corrected chi connectivity index (χ0v) is 7.95. The summed E-state index contributed by atoms with van der Waals surface area (Å²) < 4.78 is 31.7. The maximum absolute atomic E-state index is 10.6. The molecule has 0 radical (unpaired) electrons. The van der Waals surface area contributed by atoms with Crippen LogP contribution < -0.4 is 5.73 Å². The highest BCUT2D eigenvalue weighted by Crippen LogP contribution is 2.13. The minimum absolute atomic E-state index is 0.121. The number of nitrogens with one attached hydrogen (secondary N) is 1.